The Morgan fingerprint density at radius 2 is 1.57 bits per heavy atom. The van der Waals surface area contributed by atoms with Gasteiger partial charge in [0.15, 0.2) is 0 Å². The summed E-state index contributed by atoms with van der Waals surface area (Å²) in [5.74, 6) is -0.826. The molecular formula is C33H31N3O7S. The lowest BCUT2D eigenvalue weighted by atomic mass is 9.90. The van der Waals surface area contributed by atoms with Gasteiger partial charge in [-0.25, -0.2) is 13.2 Å². The van der Waals surface area contributed by atoms with Crippen molar-refractivity contribution in [3.05, 3.63) is 96.6 Å². The third-order valence-electron chi connectivity index (χ3n) is 7.52. The van der Waals surface area contributed by atoms with Gasteiger partial charge in [-0.15, -0.1) is 0 Å². The van der Waals surface area contributed by atoms with Gasteiger partial charge in [0.1, 0.15) is 17.5 Å². The zero-order valence-corrected chi connectivity index (χ0v) is 24.8. The molecule has 11 heteroatoms. The molecule has 0 radical (unpaired) electrons. The number of carbonyl (C=O) groups excluding carboxylic acids is 1. The van der Waals surface area contributed by atoms with Crippen LogP contribution in [0.2, 0.25) is 0 Å². The number of methoxy groups -OCH3 is 1. The fraction of sp³-hybridized carbons (Fsp3) is 0.152. The van der Waals surface area contributed by atoms with E-state index in [9.17, 15) is 23.1 Å². The van der Waals surface area contributed by atoms with E-state index in [0.717, 1.165) is 16.3 Å². The summed E-state index contributed by atoms with van der Waals surface area (Å²) >= 11 is 0. The summed E-state index contributed by atoms with van der Waals surface area (Å²) < 4.78 is 34.4. The van der Waals surface area contributed by atoms with Crippen LogP contribution in [-0.2, 0) is 14.8 Å². The number of aryl methyl sites for hydroxylation is 1. The number of fused-ring (bicyclic) bond motifs is 2. The molecule has 5 aromatic carbocycles. The SMILES string of the molecule is COc1ccc(S(=O)(=O)N(C(=O)NCCC(N)C(=O)O)c2cc(-c3c(O)ccc4ccccc34)c(C)c3ccccc23)cc1. The van der Waals surface area contributed by atoms with E-state index in [4.69, 9.17) is 15.6 Å². The Bertz CT molecular complexity index is 1990. The molecule has 0 aliphatic rings. The second-order valence-corrected chi connectivity index (χ2v) is 12.0. The van der Waals surface area contributed by atoms with Crippen LogP contribution in [0.15, 0.2) is 95.9 Å². The first-order chi connectivity index (χ1) is 21.0. The predicted octanol–water partition coefficient (Wildman–Crippen LogP) is 5.39. The Morgan fingerprint density at radius 1 is 0.932 bits per heavy atom. The number of nitrogens with one attached hydrogen (secondary N) is 1. The normalized spacial score (nSPS) is 12.2. The minimum absolute atomic E-state index is 0.00953. The fourth-order valence-electron chi connectivity index (χ4n) is 5.20. The van der Waals surface area contributed by atoms with E-state index in [0.29, 0.717) is 32.0 Å². The zero-order chi connectivity index (χ0) is 31.6. The highest BCUT2D eigenvalue weighted by molar-refractivity contribution is 7.93. The van der Waals surface area contributed by atoms with Gasteiger partial charge >= 0.3 is 12.0 Å². The van der Waals surface area contributed by atoms with Crippen molar-refractivity contribution in [1.29, 1.82) is 0 Å². The van der Waals surface area contributed by atoms with Gasteiger partial charge in [0.2, 0.25) is 0 Å². The fourth-order valence-corrected chi connectivity index (χ4v) is 6.59. The number of urea groups is 1. The van der Waals surface area contributed by atoms with E-state index in [-0.39, 0.29) is 29.3 Å². The first-order valence-corrected chi connectivity index (χ1v) is 15.2. The third-order valence-corrected chi connectivity index (χ3v) is 9.23. The van der Waals surface area contributed by atoms with E-state index in [1.54, 1.807) is 30.3 Å². The highest BCUT2D eigenvalue weighted by Crippen LogP contribution is 2.44. The quantitative estimate of drug-likeness (QED) is 0.172. The lowest BCUT2D eigenvalue weighted by Gasteiger charge is -2.26. The topological polar surface area (TPSA) is 159 Å². The third kappa shape index (κ3) is 5.62. The van der Waals surface area contributed by atoms with Crippen molar-refractivity contribution in [2.24, 2.45) is 5.73 Å². The van der Waals surface area contributed by atoms with Crippen LogP contribution in [0.5, 0.6) is 11.5 Å². The summed E-state index contributed by atoms with van der Waals surface area (Å²) in [6.45, 7) is 1.68. The van der Waals surface area contributed by atoms with Crippen LogP contribution >= 0.6 is 0 Å². The van der Waals surface area contributed by atoms with Gasteiger partial charge in [-0.2, -0.15) is 4.31 Å². The van der Waals surface area contributed by atoms with Crippen molar-refractivity contribution in [3.63, 3.8) is 0 Å². The number of carboxylic acid groups (broad SMARTS) is 1. The van der Waals surface area contributed by atoms with Crippen molar-refractivity contribution in [2.45, 2.75) is 24.3 Å². The summed E-state index contributed by atoms with van der Waals surface area (Å²) in [6.07, 6.45) is -0.124. The summed E-state index contributed by atoms with van der Waals surface area (Å²) in [4.78, 5) is 24.9. The number of nitrogens with two attached hydrogens (primary N) is 1. The molecule has 0 aliphatic heterocycles. The average Bonchev–Trinajstić information content (AvgIpc) is 3.02. The van der Waals surface area contributed by atoms with Gasteiger partial charge in [-0.05, 0) is 77.0 Å². The Hall–Kier alpha value is -5.13. The Labute approximate surface area is 254 Å². The molecule has 0 aliphatic carbocycles. The lowest BCUT2D eigenvalue weighted by Crippen LogP contribution is -2.45. The molecule has 0 saturated heterocycles. The Balaban J connectivity index is 1.76. The van der Waals surface area contributed by atoms with Crippen molar-refractivity contribution in [1.82, 2.24) is 5.32 Å². The largest absolute Gasteiger partial charge is 0.507 e. The average molecular weight is 614 g/mol. The maximum absolute atomic E-state index is 14.3. The highest BCUT2D eigenvalue weighted by Gasteiger charge is 2.34. The van der Waals surface area contributed by atoms with Crippen LogP contribution in [-0.4, -0.2) is 50.3 Å². The molecule has 5 rings (SSSR count). The van der Waals surface area contributed by atoms with Crippen LogP contribution in [0, 0.1) is 6.92 Å². The summed E-state index contributed by atoms with van der Waals surface area (Å²) in [5.41, 5.74) is 7.44. The maximum atomic E-state index is 14.3. The number of phenolic OH excluding ortho intramolecular Hbond substituents is 1. The number of aromatic hydroxyl groups is 1. The predicted molar refractivity (Wildman–Crippen MR) is 170 cm³/mol. The van der Waals surface area contributed by atoms with Crippen molar-refractivity contribution < 1.29 is 33.0 Å². The number of aliphatic carboxylic acids is 1. The summed E-state index contributed by atoms with van der Waals surface area (Å²) in [5, 5.41) is 25.6. The number of anilines is 1. The molecule has 0 saturated carbocycles. The number of hydrogen-bond donors (Lipinski definition) is 4. The number of hydrogen-bond acceptors (Lipinski definition) is 7. The van der Waals surface area contributed by atoms with Crippen molar-refractivity contribution >= 4 is 49.3 Å². The minimum atomic E-state index is -4.55. The highest BCUT2D eigenvalue weighted by atomic mass is 32.2. The molecule has 226 valence electrons. The number of sulfonamides is 1. The van der Waals surface area contributed by atoms with E-state index in [1.165, 1.54) is 31.4 Å². The van der Waals surface area contributed by atoms with Gasteiger partial charge in [0.05, 0.1) is 17.7 Å². The molecule has 0 bridgehead atoms. The van der Waals surface area contributed by atoms with Crippen LogP contribution in [0.4, 0.5) is 10.5 Å². The second-order valence-electron chi connectivity index (χ2n) is 10.2. The van der Waals surface area contributed by atoms with Crippen LogP contribution in [0.3, 0.4) is 0 Å². The van der Waals surface area contributed by atoms with E-state index in [1.807, 2.05) is 43.3 Å². The van der Waals surface area contributed by atoms with E-state index < -0.39 is 28.1 Å². The number of ether oxygens (including phenoxy) is 1. The van der Waals surface area contributed by atoms with Gasteiger partial charge in [-0.3, -0.25) is 4.79 Å². The van der Waals surface area contributed by atoms with Gasteiger partial charge in [0, 0.05) is 17.5 Å². The molecule has 1 atom stereocenters. The number of carboxylic acids is 1. The summed E-state index contributed by atoms with van der Waals surface area (Å²) in [7, 11) is -3.09. The smallest absolute Gasteiger partial charge is 0.336 e. The number of nitrogens with zero attached hydrogens (tertiary/aromatic N) is 1. The molecule has 10 nitrogen and oxygen atoms in total. The van der Waals surface area contributed by atoms with Crippen LogP contribution in [0.25, 0.3) is 32.7 Å². The Kier molecular flexibility index (Phi) is 8.43. The molecule has 0 spiro atoms. The number of phenols is 1. The zero-order valence-electron chi connectivity index (χ0n) is 24.0. The molecule has 1 unspecified atom stereocenters. The number of benzene rings is 5. The van der Waals surface area contributed by atoms with Gasteiger partial charge in [-0.1, -0.05) is 54.6 Å². The van der Waals surface area contributed by atoms with Crippen LogP contribution < -0.4 is 20.1 Å². The summed E-state index contributed by atoms with van der Waals surface area (Å²) in [6, 6.07) is 22.9. The minimum Gasteiger partial charge on any atom is -0.507 e. The van der Waals surface area contributed by atoms with Gasteiger partial charge in [0.25, 0.3) is 10.0 Å². The lowest BCUT2D eigenvalue weighted by molar-refractivity contribution is -0.138. The first kappa shape index (κ1) is 30.3. The molecule has 44 heavy (non-hydrogen) atoms. The number of amides is 2. The van der Waals surface area contributed by atoms with E-state index in [2.05, 4.69) is 5.32 Å². The van der Waals surface area contributed by atoms with Crippen LogP contribution in [0.1, 0.15) is 12.0 Å². The molecule has 0 aromatic heterocycles. The number of rotatable bonds is 9. The standard InChI is InChI=1S/C33H31N3O7S/c1-20-24-8-5-6-10-26(24)29(19-27(20)31-25-9-4-3-7-21(25)11-16-30(31)37)36(33(40)35-18-17-28(34)32(38)39)44(41,42)23-14-12-22(43-2)13-15-23/h3-16,19,28,37H,17-18,34H2,1-2H3,(H,35,40)(H,38,39). The molecule has 5 N–H and O–H groups in total. The molecule has 2 amide bonds. The second kappa shape index (κ2) is 12.2. The monoisotopic (exact) mass is 613 g/mol. The molecule has 5 aromatic rings. The van der Waals surface area contributed by atoms with Gasteiger partial charge < -0.3 is 26.0 Å². The Morgan fingerprint density at radius 3 is 2.23 bits per heavy atom. The molecule has 0 heterocycles. The first-order valence-electron chi connectivity index (χ1n) is 13.7. The number of carbonyl (C=O) groups is 2. The van der Waals surface area contributed by atoms with E-state index >= 15 is 0 Å². The van der Waals surface area contributed by atoms with Crippen molar-refractivity contribution in [2.75, 3.05) is 18.0 Å². The maximum Gasteiger partial charge on any atom is 0.336 e. The molecular weight excluding hydrogens is 582 g/mol. The molecule has 0 fully saturated rings. The van der Waals surface area contributed by atoms with Crippen molar-refractivity contribution in [3.8, 4) is 22.6 Å².